The lowest BCUT2D eigenvalue weighted by molar-refractivity contribution is 0.0649. The normalized spacial score (nSPS) is 12.3. The van der Waals surface area contributed by atoms with E-state index < -0.39 is 42.8 Å². The van der Waals surface area contributed by atoms with Crippen LogP contribution in [0.3, 0.4) is 0 Å². The van der Waals surface area contributed by atoms with Gasteiger partial charge in [0.15, 0.2) is 0 Å². The number of amides is 3. The summed E-state index contributed by atoms with van der Waals surface area (Å²) in [7, 11) is 4.19. The molecule has 0 atom stereocenters. The number of carbonyl (C=O) groups is 4. The maximum absolute atomic E-state index is 12.9. The summed E-state index contributed by atoms with van der Waals surface area (Å²) in [6, 6.07) is 37.7. The van der Waals surface area contributed by atoms with E-state index in [4.69, 9.17) is 62.3 Å². The number of aromatic nitrogens is 4. The number of carboxylic acids is 1. The number of benzene rings is 7. The third-order valence-corrected chi connectivity index (χ3v) is 22.6. The molecule has 7 aromatic carbocycles. The Balaban J connectivity index is 0.000000201. The fraction of sp³-hybridized carbons (Fsp3) is 0.370. The van der Waals surface area contributed by atoms with Gasteiger partial charge in [0.05, 0.1) is 24.9 Å². The van der Waals surface area contributed by atoms with Crippen LogP contribution in [0.2, 0.25) is 0 Å². The Labute approximate surface area is 764 Å². The number of nitrogens with one attached hydrogen (secondary N) is 3. The summed E-state index contributed by atoms with van der Waals surface area (Å²) in [5.41, 5.74) is 28.5. The van der Waals surface area contributed by atoms with Gasteiger partial charge in [0.1, 0.15) is 66.7 Å². The monoisotopic (exact) mass is 1990 g/mol. The molecule has 0 saturated heterocycles. The molecular weight excluding hydrogens is 1880 g/mol. The number of carboxylic acid groups (broad SMARTS) is 1. The Hall–Kier alpha value is -9.32. The van der Waals surface area contributed by atoms with Crippen LogP contribution in [0.15, 0.2) is 133 Å². The Kier molecular flexibility index (Phi) is 38.2. The average molecular weight is 1990 g/mol. The van der Waals surface area contributed by atoms with Crippen molar-refractivity contribution < 1.29 is 75.6 Å². The lowest BCUT2D eigenvalue weighted by atomic mass is 9.88. The van der Waals surface area contributed by atoms with Gasteiger partial charge < -0.3 is 74.7 Å². The van der Waals surface area contributed by atoms with Crippen molar-refractivity contribution in [2.75, 3.05) is 80.0 Å². The van der Waals surface area contributed by atoms with Gasteiger partial charge in [0, 0.05) is 80.7 Å². The van der Waals surface area contributed by atoms with E-state index in [1.54, 1.807) is 6.07 Å². The number of aromatic carboxylic acids is 1. The number of ether oxygens (including phenoxy) is 1. The Morgan fingerprint density at radius 3 is 1.32 bits per heavy atom. The molecule has 2 aliphatic heterocycles. The van der Waals surface area contributed by atoms with Gasteiger partial charge in [-0.2, -0.15) is 34.4 Å². The van der Waals surface area contributed by atoms with E-state index in [1.807, 2.05) is 117 Å². The summed E-state index contributed by atoms with van der Waals surface area (Å²) in [6.45, 7) is 29.4. The first-order valence-corrected chi connectivity index (χ1v) is 44.0. The van der Waals surface area contributed by atoms with Crippen molar-refractivity contribution in [3.05, 3.63) is 223 Å². The maximum Gasteiger partial charge on any atom is 0.450 e. The molecule has 6 heterocycles. The van der Waals surface area contributed by atoms with Crippen LogP contribution in [0.4, 0.5) is 13.2 Å². The summed E-state index contributed by atoms with van der Waals surface area (Å²) in [5, 5.41) is 63.2. The number of aliphatic hydroxyl groups excluding tert-OH is 1. The van der Waals surface area contributed by atoms with E-state index in [0.29, 0.717) is 76.6 Å². The number of aryl methyl sites for hydroxylation is 5. The highest BCUT2D eigenvalue weighted by molar-refractivity contribution is 14.1. The van der Waals surface area contributed by atoms with Crippen LogP contribution in [-0.4, -0.2) is 159 Å². The van der Waals surface area contributed by atoms with Crippen LogP contribution in [0, 0.1) is 41.8 Å². The van der Waals surface area contributed by atoms with Gasteiger partial charge in [-0.3, -0.25) is 14.4 Å². The van der Waals surface area contributed by atoms with Crippen LogP contribution >= 0.6 is 79.6 Å². The number of nitrogens with two attached hydrogens (primary N) is 1. The van der Waals surface area contributed by atoms with E-state index in [1.165, 1.54) is 50.6 Å². The number of aliphatic hydroxyl groups is 1. The van der Waals surface area contributed by atoms with Gasteiger partial charge in [-0.25, -0.2) is 18.0 Å². The Morgan fingerprint density at radius 1 is 0.500 bits per heavy atom. The van der Waals surface area contributed by atoms with Crippen molar-refractivity contribution in [1.82, 2.24) is 46.4 Å². The zero-order valence-corrected chi connectivity index (χ0v) is 78.8. The molecule has 13 rings (SSSR count). The Morgan fingerprint density at radius 2 is 0.887 bits per heavy atom. The molecule has 124 heavy (non-hydrogen) atoms. The smallest absolute Gasteiger partial charge is 0.450 e. The van der Waals surface area contributed by atoms with E-state index in [0.717, 1.165) is 94.7 Å². The molecule has 32 heteroatoms. The van der Waals surface area contributed by atoms with E-state index in [9.17, 15) is 47.7 Å². The van der Waals surface area contributed by atoms with Gasteiger partial charge in [0.25, 0.3) is 23.5 Å². The maximum atomic E-state index is 12.9. The molecule has 0 unspecified atom stereocenters. The molecular formula is C92H107BCl3F3I2N10O13. The average Bonchev–Trinajstić information content (AvgIpc) is 1.58. The minimum atomic E-state index is -1.14. The fourth-order valence-corrected chi connectivity index (χ4v) is 15.9. The molecule has 9 N–H and O–H groups in total. The third-order valence-electron chi connectivity index (χ3n) is 20.6. The zero-order valence-electron chi connectivity index (χ0n) is 72.2. The lowest BCUT2D eigenvalue weighted by Crippen LogP contribution is -2.26. The molecule has 0 fully saturated rings. The summed E-state index contributed by atoms with van der Waals surface area (Å²) in [4.78, 5) is 52.8. The second kappa shape index (κ2) is 47.3. The van der Waals surface area contributed by atoms with Crippen molar-refractivity contribution in [2.24, 2.45) is 5.73 Å². The number of aromatic hydroxyl groups is 2. The van der Waals surface area contributed by atoms with Crippen LogP contribution in [0.5, 0.6) is 17.2 Å². The van der Waals surface area contributed by atoms with Crippen LogP contribution in [-0.2, 0) is 32.5 Å². The van der Waals surface area contributed by atoms with Crippen molar-refractivity contribution in [3.63, 3.8) is 0 Å². The van der Waals surface area contributed by atoms with Crippen LogP contribution in [0.25, 0.3) is 67.3 Å². The SMILES string of the molecule is CC(C)c1cc(-c2noc(C(=O)NCCF)c2-c2ccc3c(c2)CCN(C)C3)c(O)cc1O.Cc1cc(C)c(C(C)C)cc1-c1noc(C(=O)NCCF)c1-c1ccc2c(c1)CCN(C)C2.Cc1cc(C)c(C(C)C)cc1-c1noc(C(=O)NCCO)c1I.Cc1cc(OCc2ccccc2)c(-c2noc(C(=O)O)c2I)cc1C(C)C.ClB(Cl)Cl.NCCF. The minimum Gasteiger partial charge on any atom is -0.508 e. The van der Waals surface area contributed by atoms with Crippen LogP contribution < -0.4 is 26.4 Å². The molecule has 0 saturated carbocycles. The first-order chi connectivity index (χ1) is 59.0. The van der Waals surface area contributed by atoms with Gasteiger partial charge >= 0.3 is 10.9 Å². The topological polar surface area (TPSA) is 331 Å². The lowest BCUT2D eigenvalue weighted by Gasteiger charge is -2.25. The molecule has 0 aliphatic carbocycles. The fourth-order valence-electron chi connectivity index (χ4n) is 14.5. The summed E-state index contributed by atoms with van der Waals surface area (Å²) < 4.78 is 64.6. The minimum absolute atomic E-state index is 0.00671. The number of likely N-dealkylation sites (N-methyl/N-ethyl adjacent to an activating group) is 2. The molecule has 11 aromatic rings. The highest BCUT2D eigenvalue weighted by Crippen LogP contribution is 2.46. The third kappa shape index (κ3) is 26.0. The van der Waals surface area contributed by atoms with Gasteiger partial charge in [0.2, 0.25) is 17.3 Å². The summed E-state index contributed by atoms with van der Waals surface area (Å²) in [6.07, 6.45) is 1.82. The molecule has 23 nitrogen and oxygen atoms in total. The molecule has 4 aromatic heterocycles. The molecule has 0 bridgehead atoms. The first-order valence-electron chi connectivity index (χ1n) is 40.5. The largest absolute Gasteiger partial charge is 0.508 e. The van der Waals surface area contributed by atoms with E-state index in [-0.39, 0.29) is 84.8 Å². The van der Waals surface area contributed by atoms with Gasteiger partial charge in [-0.1, -0.05) is 155 Å². The summed E-state index contributed by atoms with van der Waals surface area (Å²) >= 11 is 18.5. The van der Waals surface area contributed by atoms with E-state index >= 15 is 0 Å². The predicted molar refractivity (Wildman–Crippen MR) is 500 cm³/mol. The number of hydrogen-bond donors (Lipinski definition) is 8. The first kappa shape index (κ1) is 100. The zero-order chi connectivity index (χ0) is 91.1. The van der Waals surface area contributed by atoms with E-state index in [2.05, 4.69) is 188 Å². The van der Waals surface area contributed by atoms with Crippen molar-refractivity contribution in [2.45, 2.75) is 146 Å². The van der Waals surface area contributed by atoms with Crippen LogP contribution in [0.1, 0.15) is 199 Å². The summed E-state index contributed by atoms with van der Waals surface area (Å²) in [5.74, 6) is -0.914. The number of rotatable bonds is 24. The number of fused-ring (bicyclic) bond motifs is 2. The highest BCUT2D eigenvalue weighted by Gasteiger charge is 2.32. The molecule has 2 aliphatic rings. The second-order valence-electron chi connectivity index (χ2n) is 31.2. The number of nitrogens with zero attached hydrogens (tertiary/aromatic N) is 6. The highest BCUT2D eigenvalue weighted by atomic mass is 127. The number of hydrogen-bond acceptors (Lipinski definition) is 19. The Bertz CT molecular complexity index is 5300. The number of carbonyl (C=O) groups excluding carboxylic acids is 3. The number of halogens is 8. The van der Waals surface area contributed by atoms with Crippen molar-refractivity contribution in [1.29, 1.82) is 0 Å². The number of phenols is 2. The predicted octanol–water partition coefficient (Wildman–Crippen LogP) is 20.3. The molecule has 662 valence electrons. The van der Waals surface area contributed by atoms with Crippen molar-refractivity contribution >= 4 is 108 Å². The van der Waals surface area contributed by atoms with Gasteiger partial charge in [-0.15, -0.1) is 0 Å². The van der Waals surface area contributed by atoms with Gasteiger partial charge in [-0.05, 0) is 250 Å². The van der Waals surface area contributed by atoms with Crippen molar-refractivity contribution in [3.8, 4) is 84.5 Å². The standard InChI is InChI=1S/C27H32FN3O2.C25H28FN3O4.C21H20INO4.C17H21IN2O3.C2H6FN.BCl3/c1-16(2)22-14-23(18(4)12-17(22)3)25-24(26(33-30-25)27(32)29-10-9-28)20-6-7-21-15-31(5)11-8-19(21)13-20;1-14(2)18-11-19(21(31)12-20(18)30)23-22(24(33-28-23)25(32)27-8-7-26)16-4-5-17-13-29(3)9-6-15(17)10-16;1-12(2)15-10-16(19-18(22)20(21(24)25)27-23-19)17(9-13(15)3)26-11-14-7-5-4-6-8-14;1-9(2)12-8-13(11(4)7-10(12)3)15-14(18)16(23-20-15)17(22)19-5-6-21;3-1-2-4;2-1(3)4/h6-7,12-14,16H,8-11,15H2,1-5H3,(H,29,32);4-5,10-12,14,30-31H,6-9,13H2,1-3H3,(H,27,32);4-10,12H,11H2,1-3H3,(H,24,25);7-9,21H,5-6H2,1-4H3,(H,19,22);1-2,4H2;. The molecule has 0 radical (unpaired) electrons. The number of alkyl halides is 3. The quantitative estimate of drug-likeness (QED) is 0.0206. The molecule has 0 spiro atoms. The number of phenolic OH excluding ortho intramolecular Hbond substituents is 2. The molecule has 3 amide bonds. The second-order valence-corrected chi connectivity index (χ2v) is 35.4.